The zero-order valence-electron chi connectivity index (χ0n) is 14.2. The number of hydrogen-bond acceptors (Lipinski definition) is 5. The van der Waals surface area contributed by atoms with Crippen LogP contribution in [0.1, 0.15) is 45.4 Å². The van der Waals surface area contributed by atoms with Crippen molar-refractivity contribution >= 4 is 40.8 Å². The molecule has 1 aromatic heterocycles. The van der Waals surface area contributed by atoms with Gasteiger partial charge in [-0.3, -0.25) is 19.4 Å². The molecule has 1 aromatic rings. The normalized spacial score (nSPS) is 16.5. The summed E-state index contributed by atoms with van der Waals surface area (Å²) in [6.07, 6.45) is 7.29. The molecule has 1 atom stereocenters. The number of carboxylic acid groups (broad SMARTS) is 1. The molecule has 0 bridgehead atoms. The SMILES string of the molecule is CC(C(=O)N(c1nccs1)C1CCCCC1)N(C)CCC(=O)O.Cl. The van der Waals surface area contributed by atoms with Gasteiger partial charge in [0.15, 0.2) is 5.13 Å². The van der Waals surface area contributed by atoms with Crippen LogP contribution in [0.15, 0.2) is 11.6 Å². The highest BCUT2D eigenvalue weighted by atomic mass is 35.5. The van der Waals surface area contributed by atoms with Gasteiger partial charge in [-0.15, -0.1) is 23.7 Å². The molecule has 6 nitrogen and oxygen atoms in total. The van der Waals surface area contributed by atoms with E-state index in [1.54, 1.807) is 18.1 Å². The fourth-order valence-corrected chi connectivity index (χ4v) is 3.68. The van der Waals surface area contributed by atoms with E-state index in [4.69, 9.17) is 5.11 Å². The van der Waals surface area contributed by atoms with Gasteiger partial charge in [-0.05, 0) is 26.8 Å². The first-order valence-electron chi connectivity index (χ1n) is 8.15. The second kappa shape index (κ2) is 9.96. The highest BCUT2D eigenvalue weighted by Crippen LogP contribution is 2.29. The standard InChI is InChI=1S/C16H25N3O3S.ClH/c1-12(18(2)10-8-14(20)21)15(22)19(16-17-9-11-23-16)13-6-4-3-5-7-13;/h9,11-13H,3-8,10H2,1-2H3,(H,20,21);1H. The van der Waals surface area contributed by atoms with Gasteiger partial charge in [-0.2, -0.15) is 0 Å². The molecule has 0 spiro atoms. The van der Waals surface area contributed by atoms with Crippen molar-refractivity contribution in [3.05, 3.63) is 11.6 Å². The van der Waals surface area contributed by atoms with Crippen molar-refractivity contribution in [3.63, 3.8) is 0 Å². The van der Waals surface area contributed by atoms with Gasteiger partial charge in [0.2, 0.25) is 5.91 Å². The van der Waals surface area contributed by atoms with Gasteiger partial charge in [0, 0.05) is 24.2 Å². The van der Waals surface area contributed by atoms with E-state index in [0.29, 0.717) is 6.54 Å². The summed E-state index contributed by atoms with van der Waals surface area (Å²) in [5.74, 6) is -0.833. The van der Waals surface area contributed by atoms with Gasteiger partial charge in [0.05, 0.1) is 12.5 Å². The number of rotatable bonds is 7. The number of aromatic nitrogens is 1. The minimum absolute atomic E-state index is 0. The molecule has 2 rings (SSSR count). The summed E-state index contributed by atoms with van der Waals surface area (Å²) in [5.41, 5.74) is 0. The molecular formula is C16H26ClN3O3S. The monoisotopic (exact) mass is 375 g/mol. The molecule has 1 heterocycles. The lowest BCUT2D eigenvalue weighted by molar-refractivity contribution is -0.138. The van der Waals surface area contributed by atoms with E-state index in [1.807, 2.05) is 17.2 Å². The van der Waals surface area contributed by atoms with Crippen molar-refractivity contribution in [3.8, 4) is 0 Å². The van der Waals surface area contributed by atoms with Crippen molar-refractivity contribution < 1.29 is 14.7 Å². The molecule has 0 saturated heterocycles. The van der Waals surface area contributed by atoms with Crippen LogP contribution in [0.4, 0.5) is 5.13 Å². The lowest BCUT2D eigenvalue weighted by atomic mass is 9.94. The van der Waals surface area contributed by atoms with E-state index in [1.165, 1.54) is 17.8 Å². The van der Waals surface area contributed by atoms with E-state index >= 15 is 0 Å². The van der Waals surface area contributed by atoms with Crippen LogP contribution in [0.2, 0.25) is 0 Å². The number of amides is 1. The molecule has 0 radical (unpaired) electrons. The molecule has 1 amide bonds. The molecular weight excluding hydrogens is 350 g/mol. The molecule has 1 aliphatic carbocycles. The average molecular weight is 376 g/mol. The molecule has 8 heteroatoms. The first-order valence-corrected chi connectivity index (χ1v) is 9.03. The maximum absolute atomic E-state index is 13.0. The minimum Gasteiger partial charge on any atom is -0.481 e. The fourth-order valence-electron chi connectivity index (χ4n) is 2.96. The Morgan fingerprint density at radius 3 is 2.58 bits per heavy atom. The zero-order valence-corrected chi connectivity index (χ0v) is 15.8. The number of carbonyl (C=O) groups is 2. The summed E-state index contributed by atoms with van der Waals surface area (Å²) >= 11 is 1.48. The van der Waals surface area contributed by atoms with Crippen LogP contribution in [0.3, 0.4) is 0 Å². The Kier molecular flexibility index (Phi) is 8.66. The van der Waals surface area contributed by atoms with Gasteiger partial charge in [0.25, 0.3) is 0 Å². The third-order valence-corrected chi connectivity index (χ3v) is 5.27. The predicted molar refractivity (Wildman–Crippen MR) is 98.1 cm³/mol. The molecule has 136 valence electrons. The number of carboxylic acids is 1. The van der Waals surface area contributed by atoms with Gasteiger partial charge in [0.1, 0.15) is 0 Å². The summed E-state index contributed by atoms with van der Waals surface area (Å²) in [5, 5.41) is 11.5. The molecule has 1 saturated carbocycles. The lowest BCUT2D eigenvalue weighted by Crippen LogP contribution is -2.51. The first kappa shape index (κ1) is 20.9. The van der Waals surface area contributed by atoms with Gasteiger partial charge >= 0.3 is 5.97 Å². The molecule has 1 N–H and O–H groups in total. The van der Waals surface area contributed by atoms with Gasteiger partial charge < -0.3 is 5.11 Å². The smallest absolute Gasteiger partial charge is 0.304 e. The van der Waals surface area contributed by atoms with Crippen LogP contribution < -0.4 is 4.90 Å². The van der Waals surface area contributed by atoms with Gasteiger partial charge in [-0.1, -0.05) is 19.3 Å². The number of thiazole rings is 1. The number of aliphatic carboxylic acids is 1. The second-order valence-electron chi connectivity index (χ2n) is 6.12. The Hall–Kier alpha value is -1.18. The molecule has 1 aliphatic rings. The third kappa shape index (κ3) is 5.43. The molecule has 0 aliphatic heterocycles. The van der Waals surface area contributed by atoms with Crippen molar-refractivity contribution in [2.45, 2.75) is 57.5 Å². The summed E-state index contributed by atoms with van der Waals surface area (Å²) in [6.45, 7) is 2.20. The van der Waals surface area contributed by atoms with Crippen molar-refractivity contribution in [1.82, 2.24) is 9.88 Å². The average Bonchev–Trinajstić information content (AvgIpc) is 3.07. The Bertz CT molecular complexity index is 521. The van der Waals surface area contributed by atoms with Crippen LogP contribution in [0, 0.1) is 0 Å². The largest absolute Gasteiger partial charge is 0.481 e. The number of nitrogens with zero attached hydrogens (tertiary/aromatic N) is 3. The third-order valence-electron chi connectivity index (χ3n) is 4.50. The number of carbonyl (C=O) groups excluding carboxylic acids is 1. The maximum atomic E-state index is 13.0. The molecule has 0 aromatic carbocycles. The van der Waals surface area contributed by atoms with E-state index in [0.717, 1.165) is 30.8 Å². The number of likely N-dealkylation sites (N-methyl/N-ethyl adjacent to an activating group) is 1. The zero-order chi connectivity index (χ0) is 16.8. The number of halogens is 1. The number of anilines is 1. The van der Waals surface area contributed by atoms with Crippen molar-refractivity contribution in [1.29, 1.82) is 0 Å². The highest BCUT2D eigenvalue weighted by molar-refractivity contribution is 7.13. The van der Waals surface area contributed by atoms with Crippen molar-refractivity contribution in [2.24, 2.45) is 0 Å². The Morgan fingerprint density at radius 2 is 2.04 bits per heavy atom. The highest BCUT2D eigenvalue weighted by Gasteiger charge is 2.32. The van der Waals surface area contributed by atoms with Crippen LogP contribution >= 0.6 is 23.7 Å². The topological polar surface area (TPSA) is 73.7 Å². The van der Waals surface area contributed by atoms with Crippen LogP contribution in [0.5, 0.6) is 0 Å². The van der Waals surface area contributed by atoms with Crippen LogP contribution in [-0.4, -0.2) is 52.5 Å². The summed E-state index contributed by atoms with van der Waals surface area (Å²) < 4.78 is 0. The maximum Gasteiger partial charge on any atom is 0.304 e. The quantitative estimate of drug-likeness (QED) is 0.792. The molecule has 1 unspecified atom stereocenters. The second-order valence-corrected chi connectivity index (χ2v) is 6.99. The molecule has 1 fully saturated rings. The Balaban J connectivity index is 0.00000288. The Morgan fingerprint density at radius 1 is 1.38 bits per heavy atom. The van der Waals surface area contributed by atoms with E-state index in [9.17, 15) is 9.59 Å². The van der Waals surface area contributed by atoms with E-state index in [2.05, 4.69) is 4.98 Å². The Labute approximate surface area is 153 Å². The van der Waals surface area contributed by atoms with E-state index < -0.39 is 5.97 Å². The fraction of sp³-hybridized carbons (Fsp3) is 0.688. The summed E-state index contributed by atoms with van der Waals surface area (Å²) in [6, 6.07) is -0.155. The predicted octanol–water partition coefficient (Wildman–Crippen LogP) is 3.03. The van der Waals surface area contributed by atoms with Crippen LogP contribution in [0.25, 0.3) is 0 Å². The summed E-state index contributed by atoms with van der Waals surface area (Å²) in [7, 11) is 1.80. The number of hydrogen-bond donors (Lipinski definition) is 1. The van der Waals surface area contributed by atoms with Crippen molar-refractivity contribution in [2.75, 3.05) is 18.5 Å². The lowest BCUT2D eigenvalue weighted by Gasteiger charge is -2.36. The van der Waals surface area contributed by atoms with Gasteiger partial charge in [-0.25, -0.2) is 4.98 Å². The summed E-state index contributed by atoms with van der Waals surface area (Å²) in [4.78, 5) is 31.8. The first-order chi connectivity index (χ1) is 11.0. The minimum atomic E-state index is -0.847. The van der Waals surface area contributed by atoms with Crippen LogP contribution in [-0.2, 0) is 9.59 Å². The van der Waals surface area contributed by atoms with E-state index in [-0.39, 0.29) is 36.8 Å². The molecule has 24 heavy (non-hydrogen) atoms.